The van der Waals surface area contributed by atoms with E-state index in [1.165, 1.54) is 4.31 Å². The second-order valence-corrected chi connectivity index (χ2v) is 7.84. The van der Waals surface area contributed by atoms with Crippen LogP contribution >= 0.6 is 0 Å². The van der Waals surface area contributed by atoms with Crippen LogP contribution in [0.25, 0.3) is 0 Å². The van der Waals surface area contributed by atoms with Crippen molar-refractivity contribution in [2.24, 2.45) is 0 Å². The quantitative estimate of drug-likeness (QED) is 0.635. The molecule has 2 amide bonds. The number of anilines is 1. The van der Waals surface area contributed by atoms with E-state index >= 15 is 0 Å². The predicted octanol–water partition coefficient (Wildman–Crippen LogP) is -0.499. The van der Waals surface area contributed by atoms with Crippen LogP contribution in [0.2, 0.25) is 0 Å². The smallest absolute Gasteiger partial charge is 0.347 e. The highest BCUT2D eigenvalue weighted by Crippen LogP contribution is 2.16. The average Bonchev–Trinajstić information content (AvgIpc) is 2.88. The van der Waals surface area contributed by atoms with Crippen molar-refractivity contribution >= 4 is 27.5 Å². The van der Waals surface area contributed by atoms with Crippen molar-refractivity contribution in [2.45, 2.75) is 19.1 Å². The Morgan fingerprint density at radius 3 is 2.52 bits per heavy atom. The Bertz CT molecular complexity index is 881. The normalized spacial score (nSPS) is 16.9. The maximum absolute atomic E-state index is 12.4. The number of hydrogen-bond acceptors (Lipinski definition) is 5. The van der Waals surface area contributed by atoms with E-state index < -0.39 is 45.8 Å². The Morgan fingerprint density at radius 1 is 1.22 bits per heavy atom. The summed E-state index contributed by atoms with van der Waals surface area (Å²) in [5, 5.41) is 4.14. The molecule has 27 heavy (non-hydrogen) atoms. The van der Waals surface area contributed by atoms with Crippen LogP contribution < -0.4 is 16.2 Å². The lowest BCUT2D eigenvalue weighted by atomic mass is 10.3. The van der Waals surface area contributed by atoms with Crippen molar-refractivity contribution < 1.29 is 31.2 Å². The van der Waals surface area contributed by atoms with Gasteiger partial charge in [-0.25, -0.2) is 12.7 Å². The standard InChI is InChI=1S/C14H17F3N4O5S/c15-14(16,17)9-20-5-1-3-10(13(20)24)19-12(23)11(22)18-4-7-21-6-2-8-27(21,25)26/h1,3,5H,2,4,6-9H2,(H,18,22)(H,19,23). The summed E-state index contributed by atoms with van der Waals surface area (Å²) in [6.45, 7) is -1.34. The number of aromatic nitrogens is 1. The van der Waals surface area contributed by atoms with E-state index in [0.717, 1.165) is 18.3 Å². The third-order valence-electron chi connectivity index (χ3n) is 3.67. The average molecular weight is 410 g/mol. The lowest BCUT2D eigenvalue weighted by Crippen LogP contribution is -2.41. The highest BCUT2D eigenvalue weighted by molar-refractivity contribution is 7.89. The van der Waals surface area contributed by atoms with E-state index in [-0.39, 0.29) is 18.8 Å². The van der Waals surface area contributed by atoms with E-state index in [1.807, 2.05) is 5.32 Å². The molecule has 9 nitrogen and oxygen atoms in total. The first kappa shape index (κ1) is 20.9. The van der Waals surface area contributed by atoms with Gasteiger partial charge in [0, 0.05) is 25.8 Å². The minimum absolute atomic E-state index is 0.00885. The lowest BCUT2D eigenvalue weighted by molar-refractivity contribution is -0.141. The summed E-state index contributed by atoms with van der Waals surface area (Å²) in [4.78, 5) is 35.4. The van der Waals surface area contributed by atoms with Crippen molar-refractivity contribution in [1.82, 2.24) is 14.2 Å². The molecule has 1 aromatic heterocycles. The summed E-state index contributed by atoms with van der Waals surface area (Å²) >= 11 is 0. The van der Waals surface area contributed by atoms with Gasteiger partial charge in [-0.3, -0.25) is 14.4 Å². The van der Waals surface area contributed by atoms with Gasteiger partial charge in [0.1, 0.15) is 12.2 Å². The van der Waals surface area contributed by atoms with Crippen molar-refractivity contribution in [2.75, 3.05) is 30.7 Å². The second-order valence-electron chi connectivity index (χ2n) is 5.75. The Morgan fingerprint density at radius 2 is 1.93 bits per heavy atom. The third-order valence-corrected chi connectivity index (χ3v) is 5.63. The SMILES string of the molecule is O=C(NCCN1CCCS1(=O)=O)C(=O)Nc1cccn(CC(F)(F)F)c1=O. The molecule has 2 N–H and O–H groups in total. The number of carbonyl (C=O) groups is 2. The van der Waals surface area contributed by atoms with Crippen molar-refractivity contribution in [3.05, 3.63) is 28.7 Å². The monoisotopic (exact) mass is 410 g/mol. The summed E-state index contributed by atoms with van der Waals surface area (Å²) in [5.41, 5.74) is -1.59. The van der Waals surface area contributed by atoms with Crippen molar-refractivity contribution in [1.29, 1.82) is 0 Å². The number of pyridine rings is 1. The molecule has 0 radical (unpaired) electrons. The fraction of sp³-hybridized carbons (Fsp3) is 0.500. The Kier molecular flexibility index (Phi) is 6.26. The number of amides is 2. The molecule has 1 aliphatic rings. The zero-order chi connectivity index (χ0) is 20.2. The molecular weight excluding hydrogens is 393 g/mol. The van der Waals surface area contributed by atoms with Gasteiger partial charge in [-0.15, -0.1) is 0 Å². The molecule has 1 saturated heterocycles. The van der Waals surface area contributed by atoms with Crippen molar-refractivity contribution in [3.63, 3.8) is 0 Å². The topological polar surface area (TPSA) is 118 Å². The molecule has 13 heteroatoms. The summed E-state index contributed by atoms with van der Waals surface area (Å²) < 4.78 is 62.0. The Hall–Kier alpha value is -2.41. The third kappa shape index (κ3) is 5.79. The molecule has 0 spiro atoms. The molecule has 0 saturated carbocycles. The molecule has 0 aliphatic carbocycles. The van der Waals surface area contributed by atoms with Crippen LogP contribution in [0.15, 0.2) is 23.1 Å². The number of rotatable bonds is 5. The van der Waals surface area contributed by atoms with E-state index in [4.69, 9.17) is 0 Å². The molecule has 0 aromatic carbocycles. The van der Waals surface area contributed by atoms with Gasteiger partial charge >= 0.3 is 18.0 Å². The molecule has 1 aliphatic heterocycles. The fourth-order valence-corrected chi connectivity index (χ4v) is 3.97. The molecule has 0 atom stereocenters. The van der Waals surface area contributed by atoms with E-state index in [1.54, 1.807) is 0 Å². The number of halogens is 3. The number of nitrogens with one attached hydrogen (secondary N) is 2. The van der Waals surface area contributed by atoms with Gasteiger partial charge in [-0.05, 0) is 18.6 Å². The van der Waals surface area contributed by atoms with Gasteiger partial charge in [0.25, 0.3) is 5.56 Å². The molecule has 1 fully saturated rings. The van der Waals surface area contributed by atoms with Crippen LogP contribution in [0, 0.1) is 0 Å². The lowest BCUT2D eigenvalue weighted by Gasteiger charge is -2.14. The van der Waals surface area contributed by atoms with Gasteiger partial charge in [-0.1, -0.05) is 0 Å². The maximum Gasteiger partial charge on any atom is 0.406 e. The summed E-state index contributed by atoms with van der Waals surface area (Å²) in [5.74, 6) is -2.36. The molecular formula is C14H17F3N4O5S. The minimum Gasteiger partial charge on any atom is -0.347 e. The van der Waals surface area contributed by atoms with E-state index in [9.17, 15) is 36.0 Å². The largest absolute Gasteiger partial charge is 0.406 e. The van der Waals surface area contributed by atoms with Crippen LogP contribution in [0.3, 0.4) is 0 Å². The summed E-state index contributed by atoms with van der Waals surface area (Å²) in [6, 6.07) is 2.19. The maximum atomic E-state index is 12.4. The van der Waals surface area contributed by atoms with Gasteiger partial charge in [0.05, 0.1) is 5.75 Å². The van der Waals surface area contributed by atoms with E-state index in [2.05, 4.69) is 5.32 Å². The molecule has 150 valence electrons. The summed E-state index contributed by atoms with van der Waals surface area (Å²) in [6.07, 6.45) is -3.24. The number of carbonyl (C=O) groups excluding carboxylic acids is 2. The number of alkyl halides is 3. The Labute approximate surface area is 152 Å². The minimum atomic E-state index is -4.63. The second kappa shape index (κ2) is 8.08. The fourth-order valence-electron chi connectivity index (χ4n) is 2.45. The molecule has 2 heterocycles. The Balaban J connectivity index is 1.92. The zero-order valence-electron chi connectivity index (χ0n) is 14.0. The molecule has 2 rings (SSSR count). The van der Waals surface area contributed by atoms with Gasteiger partial charge in [-0.2, -0.15) is 13.2 Å². The highest BCUT2D eigenvalue weighted by atomic mass is 32.2. The predicted molar refractivity (Wildman–Crippen MR) is 88.4 cm³/mol. The van der Waals surface area contributed by atoms with Gasteiger partial charge in [0.15, 0.2) is 0 Å². The molecule has 1 aromatic rings. The van der Waals surface area contributed by atoms with Crippen LogP contribution in [0.5, 0.6) is 0 Å². The van der Waals surface area contributed by atoms with Crippen LogP contribution in [-0.2, 0) is 26.2 Å². The van der Waals surface area contributed by atoms with Crippen LogP contribution in [-0.4, -0.2) is 60.7 Å². The first-order chi connectivity index (χ1) is 12.5. The number of sulfonamides is 1. The zero-order valence-corrected chi connectivity index (χ0v) is 14.8. The highest BCUT2D eigenvalue weighted by Gasteiger charge is 2.29. The van der Waals surface area contributed by atoms with Gasteiger partial charge < -0.3 is 15.2 Å². The number of nitrogens with zero attached hydrogens (tertiary/aromatic N) is 2. The molecule has 0 bridgehead atoms. The van der Waals surface area contributed by atoms with Crippen LogP contribution in [0.1, 0.15) is 6.42 Å². The van der Waals surface area contributed by atoms with E-state index in [0.29, 0.717) is 17.5 Å². The first-order valence-corrected chi connectivity index (χ1v) is 9.44. The summed E-state index contributed by atoms with van der Waals surface area (Å²) in [7, 11) is -3.33. The van der Waals surface area contributed by atoms with Gasteiger partial charge in [0.2, 0.25) is 10.0 Å². The molecule has 0 unspecified atom stereocenters. The van der Waals surface area contributed by atoms with Crippen LogP contribution in [0.4, 0.5) is 18.9 Å². The number of hydrogen-bond donors (Lipinski definition) is 2. The van der Waals surface area contributed by atoms with Crippen molar-refractivity contribution in [3.8, 4) is 0 Å². The first-order valence-electron chi connectivity index (χ1n) is 7.83.